The second-order valence-electron chi connectivity index (χ2n) is 4.03. The molecule has 5 heteroatoms. The molecule has 1 N–H and O–H groups in total. The molecule has 0 bridgehead atoms. The number of aliphatic hydroxyl groups is 1. The fourth-order valence-electron chi connectivity index (χ4n) is 1.85. The predicted molar refractivity (Wildman–Crippen MR) is 76.6 cm³/mol. The molecule has 0 saturated heterocycles. The van der Waals surface area contributed by atoms with Crippen LogP contribution in [0.4, 0.5) is 0 Å². The summed E-state index contributed by atoms with van der Waals surface area (Å²) in [6.07, 6.45) is 0.835. The number of carbonyl (C=O) groups is 2. The molecular weight excluding hydrogens is 280 g/mol. The highest BCUT2D eigenvalue weighted by atomic mass is 35.5. The average Bonchev–Trinajstić information content (AvgIpc) is 2.46. The molecule has 0 heterocycles. The van der Waals surface area contributed by atoms with E-state index in [1.807, 2.05) is 6.07 Å². The molecule has 0 atom stereocenters. The van der Waals surface area contributed by atoms with Crippen LogP contribution in [-0.2, 0) is 14.3 Å². The summed E-state index contributed by atoms with van der Waals surface area (Å²) >= 11 is 6.07. The molecule has 4 nitrogen and oxygen atoms in total. The van der Waals surface area contributed by atoms with Crippen molar-refractivity contribution in [3.8, 4) is 0 Å². The lowest BCUT2D eigenvalue weighted by Gasteiger charge is -2.07. The standard InChI is InChI=1S/C15H11ClO4/c1-20-15(19)14(18)8-13(17)11-6-7-12(16)10-5-3-2-4-9(10)11/h2-8,17H,1H3/b13-8-. The number of ketones is 1. The molecule has 0 fully saturated rings. The highest BCUT2D eigenvalue weighted by molar-refractivity contribution is 6.39. The zero-order chi connectivity index (χ0) is 14.7. The van der Waals surface area contributed by atoms with Gasteiger partial charge in [-0.25, -0.2) is 4.79 Å². The number of rotatable bonds is 3. The van der Waals surface area contributed by atoms with Gasteiger partial charge in [-0.2, -0.15) is 0 Å². The summed E-state index contributed by atoms with van der Waals surface area (Å²) in [6.45, 7) is 0. The van der Waals surface area contributed by atoms with Gasteiger partial charge in [0, 0.05) is 22.0 Å². The maximum Gasteiger partial charge on any atom is 0.378 e. The first kappa shape index (κ1) is 14.1. The number of hydrogen-bond donors (Lipinski definition) is 1. The smallest absolute Gasteiger partial charge is 0.378 e. The Morgan fingerprint density at radius 2 is 1.80 bits per heavy atom. The molecule has 0 aliphatic carbocycles. The van der Waals surface area contributed by atoms with E-state index in [1.165, 1.54) is 0 Å². The van der Waals surface area contributed by atoms with E-state index in [2.05, 4.69) is 4.74 Å². The molecule has 0 saturated carbocycles. The van der Waals surface area contributed by atoms with Gasteiger partial charge in [0.2, 0.25) is 0 Å². The Kier molecular flexibility index (Phi) is 4.05. The van der Waals surface area contributed by atoms with Crippen LogP contribution in [-0.4, -0.2) is 24.0 Å². The second-order valence-corrected chi connectivity index (χ2v) is 4.43. The summed E-state index contributed by atoms with van der Waals surface area (Å²) in [4.78, 5) is 22.5. The first-order valence-electron chi connectivity index (χ1n) is 5.75. The third-order valence-electron chi connectivity index (χ3n) is 2.80. The Morgan fingerprint density at radius 3 is 2.45 bits per heavy atom. The summed E-state index contributed by atoms with van der Waals surface area (Å²) in [7, 11) is 1.10. The fourth-order valence-corrected chi connectivity index (χ4v) is 2.07. The summed E-state index contributed by atoms with van der Waals surface area (Å²) < 4.78 is 4.29. The minimum atomic E-state index is -1.03. The van der Waals surface area contributed by atoms with Gasteiger partial charge in [0.25, 0.3) is 5.78 Å². The molecule has 0 spiro atoms. The Balaban J connectivity index is 2.53. The number of fused-ring (bicyclic) bond motifs is 1. The molecule has 0 aliphatic heterocycles. The first-order valence-corrected chi connectivity index (χ1v) is 6.13. The lowest BCUT2D eigenvalue weighted by molar-refractivity contribution is -0.149. The zero-order valence-electron chi connectivity index (χ0n) is 10.6. The van der Waals surface area contributed by atoms with Gasteiger partial charge in [-0.1, -0.05) is 35.9 Å². The van der Waals surface area contributed by atoms with Crippen molar-refractivity contribution < 1.29 is 19.4 Å². The van der Waals surface area contributed by atoms with Gasteiger partial charge in [0.1, 0.15) is 5.76 Å². The van der Waals surface area contributed by atoms with Crippen LogP contribution in [0.5, 0.6) is 0 Å². The van der Waals surface area contributed by atoms with Gasteiger partial charge in [-0.05, 0) is 17.5 Å². The second kappa shape index (κ2) is 5.75. The number of aliphatic hydroxyl groups excluding tert-OH is 1. The van der Waals surface area contributed by atoms with Crippen LogP contribution < -0.4 is 0 Å². The Bertz CT molecular complexity index is 719. The van der Waals surface area contributed by atoms with Crippen molar-refractivity contribution >= 4 is 39.9 Å². The van der Waals surface area contributed by atoms with E-state index in [1.54, 1.807) is 30.3 Å². The maximum absolute atomic E-state index is 11.4. The van der Waals surface area contributed by atoms with Crippen LogP contribution in [0.3, 0.4) is 0 Å². The predicted octanol–water partition coefficient (Wildman–Crippen LogP) is 3.13. The topological polar surface area (TPSA) is 63.6 Å². The molecular formula is C15H11ClO4. The fraction of sp³-hybridized carbons (Fsp3) is 0.0667. The van der Waals surface area contributed by atoms with Crippen molar-refractivity contribution in [2.75, 3.05) is 7.11 Å². The van der Waals surface area contributed by atoms with Gasteiger partial charge in [0.05, 0.1) is 7.11 Å². The Morgan fingerprint density at radius 1 is 1.15 bits per heavy atom. The normalized spacial score (nSPS) is 11.4. The van der Waals surface area contributed by atoms with Gasteiger partial charge in [-0.3, -0.25) is 4.79 Å². The summed E-state index contributed by atoms with van der Waals surface area (Å²) in [5.74, 6) is -2.27. The minimum absolute atomic E-state index is 0.312. The summed E-state index contributed by atoms with van der Waals surface area (Å²) in [6, 6.07) is 10.4. The van der Waals surface area contributed by atoms with Crippen molar-refractivity contribution in [1.29, 1.82) is 0 Å². The molecule has 20 heavy (non-hydrogen) atoms. The molecule has 2 aromatic rings. The van der Waals surface area contributed by atoms with Gasteiger partial charge >= 0.3 is 5.97 Å². The number of benzene rings is 2. The summed E-state index contributed by atoms with van der Waals surface area (Å²) in [5, 5.41) is 12.0. The van der Waals surface area contributed by atoms with Crippen LogP contribution in [0.2, 0.25) is 5.02 Å². The number of carbonyl (C=O) groups excluding carboxylic acids is 2. The summed E-state index contributed by atoms with van der Waals surface area (Å²) in [5.41, 5.74) is 0.419. The Hall–Kier alpha value is -2.33. The van der Waals surface area contributed by atoms with Crippen LogP contribution in [0.15, 0.2) is 42.5 Å². The lowest BCUT2D eigenvalue weighted by atomic mass is 10.0. The minimum Gasteiger partial charge on any atom is -0.507 e. The molecule has 2 rings (SSSR count). The third-order valence-corrected chi connectivity index (χ3v) is 3.13. The van der Waals surface area contributed by atoms with Gasteiger partial charge in [0.15, 0.2) is 0 Å². The number of ether oxygens (including phenoxy) is 1. The van der Waals surface area contributed by atoms with Crippen molar-refractivity contribution in [2.45, 2.75) is 0 Å². The number of methoxy groups -OCH3 is 1. The molecule has 102 valence electrons. The highest BCUT2D eigenvalue weighted by Crippen LogP contribution is 2.29. The van der Waals surface area contributed by atoms with Crippen LogP contribution >= 0.6 is 11.6 Å². The lowest BCUT2D eigenvalue weighted by Crippen LogP contribution is -2.13. The van der Waals surface area contributed by atoms with E-state index in [4.69, 9.17) is 11.6 Å². The number of esters is 1. The van der Waals surface area contributed by atoms with E-state index in [0.29, 0.717) is 16.0 Å². The van der Waals surface area contributed by atoms with Crippen LogP contribution in [0.25, 0.3) is 16.5 Å². The monoisotopic (exact) mass is 290 g/mol. The molecule has 0 aromatic heterocycles. The van der Waals surface area contributed by atoms with E-state index in [-0.39, 0.29) is 5.76 Å². The molecule has 0 unspecified atom stereocenters. The SMILES string of the molecule is COC(=O)C(=O)/C=C(\O)c1ccc(Cl)c2ccccc12. The van der Waals surface area contributed by atoms with Crippen molar-refractivity contribution in [3.05, 3.63) is 53.1 Å². The van der Waals surface area contributed by atoms with E-state index in [9.17, 15) is 14.7 Å². The molecule has 0 aliphatic rings. The maximum atomic E-state index is 11.4. The van der Waals surface area contributed by atoms with E-state index < -0.39 is 11.8 Å². The van der Waals surface area contributed by atoms with Crippen LogP contribution in [0, 0.1) is 0 Å². The van der Waals surface area contributed by atoms with Crippen molar-refractivity contribution in [3.63, 3.8) is 0 Å². The van der Waals surface area contributed by atoms with E-state index >= 15 is 0 Å². The van der Waals surface area contributed by atoms with Crippen molar-refractivity contribution in [2.24, 2.45) is 0 Å². The van der Waals surface area contributed by atoms with Gasteiger partial charge in [-0.15, -0.1) is 0 Å². The molecule has 2 aromatic carbocycles. The Labute approximate surface area is 120 Å². The van der Waals surface area contributed by atoms with Crippen LogP contribution in [0.1, 0.15) is 5.56 Å². The quantitative estimate of drug-likeness (QED) is 0.408. The number of hydrogen-bond acceptors (Lipinski definition) is 4. The molecule has 0 amide bonds. The van der Waals surface area contributed by atoms with Crippen molar-refractivity contribution in [1.82, 2.24) is 0 Å². The first-order chi connectivity index (χ1) is 9.54. The van der Waals surface area contributed by atoms with E-state index in [0.717, 1.165) is 18.6 Å². The molecule has 0 radical (unpaired) electrons. The third kappa shape index (κ3) is 2.65. The average molecular weight is 291 g/mol. The number of halogens is 1. The highest BCUT2D eigenvalue weighted by Gasteiger charge is 2.14. The largest absolute Gasteiger partial charge is 0.507 e. The van der Waals surface area contributed by atoms with Gasteiger partial charge < -0.3 is 9.84 Å². The zero-order valence-corrected chi connectivity index (χ0v) is 11.3.